The molecular weight excluding hydrogens is 184 g/mol. The lowest BCUT2D eigenvalue weighted by molar-refractivity contribution is 0.170. The van der Waals surface area contributed by atoms with Crippen molar-refractivity contribution in [2.75, 3.05) is 7.11 Å². The van der Waals surface area contributed by atoms with Gasteiger partial charge in [-0.25, -0.2) is 4.79 Å². The molecule has 0 unspecified atom stereocenters. The minimum atomic E-state index is -0.608. The van der Waals surface area contributed by atoms with E-state index < -0.39 is 6.09 Å². The monoisotopic (exact) mass is 192 g/mol. The summed E-state index contributed by atoms with van der Waals surface area (Å²) in [5.41, 5.74) is 0.218. The number of para-hydroxylation sites is 1. The summed E-state index contributed by atoms with van der Waals surface area (Å²) >= 11 is 0. The normalized spacial score (nSPS) is 10.4. The molecule has 1 N–H and O–H groups in total. The molecule has 2 aromatic rings. The standard InChI is InChI=1S/C9H8N2O3/c1-14-9(13)11-7-5-3-2-4-6(7)8(12)10-11/h2-5H,1H3,(H,10,12). The van der Waals surface area contributed by atoms with Gasteiger partial charge in [-0.1, -0.05) is 12.1 Å². The lowest BCUT2D eigenvalue weighted by atomic mass is 10.2. The van der Waals surface area contributed by atoms with Crippen molar-refractivity contribution < 1.29 is 9.53 Å². The van der Waals surface area contributed by atoms with E-state index in [4.69, 9.17) is 0 Å². The summed E-state index contributed by atoms with van der Waals surface area (Å²) in [4.78, 5) is 22.5. The number of nitrogens with zero attached hydrogens (tertiary/aromatic N) is 1. The van der Waals surface area contributed by atoms with E-state index in [2.05, 4.69) is 9.84 Å². The molecule has 0 atom stereocenters. The molecule has 0 aliphatic rings. The molecule has 0 saturated heterocycles. The summed E-state index contributed by atoms with van der Waals surface area (Å²) in [6, 6.07) is 6.80. The number of aromatic amines is 1. The molecule has 0 amide bonds. The Kier molecular flexibility index (Phi) is 1.85. The fourth-order valence-electron chi connectivity index (χ4n) is 1.32. The van der Waals surface area contributed by atoms with Crippen molar-refractivity contribution in [2.45, 2.75) is 0 Å². The van der Waals surface area contributed by atoms with E-state index in [-0.39, 0.29) is 5.56 Å². The second kappa shape index (κ2) is 3.02. The zero-order valence-corrected chi connectivity index (χ0v) is 7.48. The van der Waals surface area contributed by atoms with Crippen molar-refractivity contribution in [3.8, 4) is 0 Å². The van der Waals surface area contributed by atoms with E-state index in [0.29, 0.717) is 10.9 Å². The number of H-pyrrole nitrogens is 1. The van der Waals surface area contributed by atoms with Gasteiger partial charge in [-0.3, -0.25) is 9.89 Å². The predicted molar refractivity (Wildman–Crippen MR) is 50.4 cm³/mol. The average molecular weight is 192 g/mol. The zero-order valence-electron chi connectivity index (χ0n) is 7.48. The third kappa shape index (κ3) is 1.10. The highest BCUT2D eigenvalue weighted by atomic mass is 16.5. The molecule has 1 aromatic heterocycles. The van der Waals surface area contributed by atoms with Crippen molar-refractivity contribution in [2.24, 2.45) is 0 Å². The third-order valence-corrected chi connectivity index (χ3v) is 1.96. The molecule has 72 valence electrons. The molecule has 1 aromatic carbocycles. The van der Waals surface area contributed by atoms with Crippen molar-refractivity contribution in [1.29, 1.82) is 0 Å². The summed E-state index contributed by atoms with van der Waals surface area (Å²) in [5, 5.41) is 2.86. The third-order valence-electron chi connectivity index (χ3n) is 1.96. The number of ether oxygens (including phenoxy) is 1. The SMILES string of the molecule is COC(=O)n1[nH]c(=O)c2ccccc21. The van der Waals surface area contributed by atoms with Crippen LogP contribution in [-0.2, 0) is 4.74 Å². The van der Waals surface area contributed by atoms with Crippen LogP contribution in [0.4, 0.5) is 4.79 Å². The first-order chi connectivity index (χ1) is 6.74. The van der Waals surface area contributed by atoms with Gasteiger partial charge in [0, 0.05) is 0 Å². The number of benzene rings is 1. The largest absolute Gasteiger partial charge is 0.451 e. The Morgan fingerprint density at radius 1 is 1.43 bits per heavy atom. The van der Waals surface area contributed by atoms with E-state index in [1.54, 1.807) is 24.3 Å². The topological polar surface area (TPSA) is 64.1 Å². The number of fused-ring (bicyclic) bond motifs is 1. The van der Waals surface area contributed by atoms with E-state index in [9.17, 15) is 9.59 Å². The van der Waals surface area contributed by atoms with Gasteiger partial charge in [0.25, 0.3) is 5.56 Å². The van der Waals surface area contributed by atoms with Crippen molar-refractivity contribution in [3.05, 3.63) is 34.6 Å². The van der Waals surface area contributed by atoms with Crippen LogP contribution in [0, 0.1) is 0 Å². The fraction of sp³-hybridized carbons (Fsp3) is 0.111. The van der Waals surface area contributed by atoms with Gasteiger partial charge < -0.3 is 4.74 Å². The predicted octanol–water partition coefficient (Wildman–Crippen LogP) is 0.944. The number of carbonyl (C=O) groups excluding carboxylic acids is 1. The van der Waals surface area contributed by atoms with Crippen molar-refractivity contribution >= 4 is 17.0 Å². The first-order valence-corrected chi connectivity index (χ1v) is 4.02. The van der Waals surface area contributed by atoms with E-state index in [1.807, 2.05) is 0 Å². The molecule has 5 nitrogen and oxygen atoms in total. The molecule has 0 aliphatic heterocycles. The van der Waals surface area contributed by atoms with Crippen molar-refractivity contribution in [1.82, 2.24) is 9.78 Å². The molecule has 1 heterocycles. The lowest BCUT2D eigenvalue weighted by Gasteiger charge is -1.99. The lowest BCUT2D eigenvalue weighted by Crippen LogP contribution is -2.15. The van der Waals surface area contributed by atoms with Gasteiger partial charge in [0.05, 0.1) is 18.0 Å². The molecule has 0 bridgehead atoms. The Balaban J connectivity index is 2.79. The van der Waals surface area contributed by atoms with Gasteiger partial charge in [-0.15, -0.1) is 0 Å². The molecule has 0 fully saturated rings. The van der Waals surface area contributed by atoms with E-state index in [1.165, 1.54) is 7.11 Å². The maximum Gasteiger partial charge on any atom is 0.433 e. The highest BCUT2D eigenvalue weighted by Gasteiger charge is 2.11. The number of carbonyl (C=O) groups is 1. The van der Waals surface area contributed by atoms with E-state index in [0.717, 1.165) is 4.68 Å². The van der Waals surface area contributed by atoms with Gasteiger partial charge in [0.15, 0.2) is 0 Å². The van der Waals surface area contributed by atoms with Gasteiger partial charge in [0.1, 0.15) is 0 Å². The average Bonchev–Trinajstić information content (AvgIpc) is 2.56. The summed E-state index contributed by atoms with van der Waals surface area (Å²) in [6.45, 7) is 0. The molecule has 14 heavy (non-hydrogen) atoms. The highest BCUT2D eigenvalue weighted by Crippen LogP contribution is 2.08. The molecule has 5 heteroatoms. The summed E-state index contributed by atoms with van der Waals surface area (Å²) < 4.78 is 5.59. The van der Waals surface area contributed by atoms with Crippen LogP contribution in [0.2, 0.25) is 0 Å². The minimum absolute atomic E-state index is 0.300. The van der Waals surface area contributed by atoms with Crippen LogP contribution in [0.5, 0.6) is 0 Å². The van der Waals surface area contributed by atoms with Gasteiger partial charge >= 0.3 is 6.09 Å². The van der Waals surface area contributed by atoms with Crippen LogP contribution in [0.25, 0.3) is 10.9 Å². The summed E-state index contributed by atoms with van der Waals surface area (Å²) in [5.74, 6) is 0. The number of aromatic nitrogens is 2. The number of hydrogen-bond acceptors (Lipinski definition) is 3. The van der Waals surface area contributed by atoms with Crippen LogP contribution in [0.3, 0.4) is 0 Å². The molecular formula is C9H8N2O3. The minimum Gasteiger partial charge on any atom is -0.451 e. The summed E-state index contributed by atoms with van der Waals surface area (Å²) in [7, 11) is 1.26. The van der Waals surface area contributed by atoms with Crippen LogP contribution in [0.1, 0.15) is 0 Å². The first-order valence-electron chi connectivity index (χ1n) is 4.02. The zero-order chi connectivity index (χ0) is 10.1. The summed E-state index contributed by atoms with van der Waals surface area (Å²) in [6.07, 6.45) is -0.608. The maximum atomic E-state index is 11.3. The molecule has 0 aliphatic carbocycles. The Morgan fingerprint density at radius 2 is 2.14 bits per heavy atom. The number of hydrogen-bond donors (Lipinski definition) is 1. The van der Waals surface area contributed by atoms with Crippen molar-refractivity contribution in [3.63, 3.8) is 0 Å². The van der Waals surface area contributed by atoms with Crippen LogP contribution in [-0.4, -0.2) is 23.0 Å². The number of nitrogens with one attached hydrogen (secondary N) is 1. The second-order valence-corrected chi connectivity index (χ2v) is 2.76. The molecule has 0 radical (unpaired) electrons. The van der Waals surface area contributed by atoms with Crippen LogP contribution >= 0.6 is 0 Å². The number of methoxy groups -OCH3 is 1. The quantitative estimate of drug-likeness (QED) is 0.675. The Labute approximate surface area is 78.9 Å². The van der Waals surface area contributed by atoms with E-state index >= 15 is 0 Å². The second-order valence-electron chi connectivity index (χ2n) is 2.76. The molecule has 2 rings (SSSR count). The molecule has 0 saturated carbocycles. The maximum absolute atomic E-state index is 11.3. The smallest absolute Gasteiger partial charge is 0.433 e. The fourth-order valence-corrected chi connectivity index (χ4v) is 1.32. The van der Waals surface area contributed by atoms with Gasteiger partial charge in [0.2, 0.25) is 0 Å². The molecule has 0 spiro atoms. The Hall–Kier alpha value is -2.04. The van der Waals surface area contributed by atoms with Crippen LogP contribution in [0.15, 0.2) is 29.1 Å². The first kappa shape index (κ1) is 8.55. The Morgan fingerprint density at radius 3 is 2.86 bits per heavy atom. The van der Waals surface area contributed by atoms with Crippen LogP contribution < -0.4 is 5.56 Å². The number of rotatable bonds is 0. The van der Waals surface area contributed by atoms with Gasteiger partial charge in [-0.05, 0) is 12.1 Å². The Bertz CT molecular complexity index is 538. The van der Waals surface area contributed by atoms with Gasteiger partial charge in [-0.2, -0.15) is 4.68 Å². The highest BCUT2D eigenvalue weighted by molar-refractivity contribution is 5.87.